The number of hydrogen-bond donors (Lipinski definition) is 0. The minimum absolute atomic E-state index is 0.0388. The smallest absolute Gasteiger partial charge is 0.329 e. The van der Waals surface area contributed by atoms with Gasteiger partial charge in [0.1, 0.15) is 11.1 Å². The molecule has 1 unspecified atom stereocenters. The molecule has 0 aliphatic heterocycles. The molecule has 0 amide bonds. The second-order valence-electron chi connectivity index (χ2n) is 7.37. The van der Waals surface area contributed by atoms with Crippen LogP contribution >= 0.6 is 23.4 Å². The third-order valence-electron chi connectivity index (χ3n) is 4.52. The number of alkyl halides is 1. The number of halogens is 1. The summed E-state index contributed by atoms with van der Waals surface area (Å²) < 4.78 is 5.35. The fourth-order valence-corrected chi connectivity index (χ4v) is 3.57. The Labute approximate surface area is 184 Å². The standard InChI is InChI=1S/C25H31ClO2S/c1-4-5-6-7-8-9-18-29-23-16-12-21(13-17-23)20-10-14-22(15-11-20)28-25(27)24(26)19(2)3/h7-8,10-17,19,24H,4-6,9,18H2,1-3H3. The fourth-order valence-electron chi connectivity index (χ4n) is 2.71. The molecule has 0 N–H and O–H groups in total. The number of benzene rings is 2. The Balaban J connectivity index is 1.85. The Morgan fingerprint density at radius 2 is 1.59 bits per heavy atom. The lowest BCUT2D eigenvalue weighted by atomic mass is 10.1. The van der Waals surface area contributed by atoms with Gasteiger partial charge in [0, 0.05) is 10.6 Å². The second-order valence-corrected chi connectivity index (χ2v) is 9.00. The third kappa shape index (κ3) is 8.28. The van der Waals surface area contributed by atoms with Gasteiger partial charge in [-0.3, -0.25) is 4.79 Å². The molecule has 0 fully saturated rings. The minimum atomic E-state index is -0.633. The zero-order valence-electron chi connectivity index (χ0n) is 17.6. The number of ether oxygens (including phenoxy) is 1. The van der Waals surface area contributed by atoms with Crippen molar-refractivity contribution in [3.8, 4) is 16.9 Å². The molecule has 2 aromatic rings. The average molecular weight is 431 g/mol. The molecule has 0 heterocycles. The maximum atomic E-state index is 12.0. The highest BCUT2D eigenvalue weighted by atomic mass is 35.5. The van der Waals surface area contributed by atoms with Gasteiger partial charge in [-0.1, -0.05) is 70.0 Å². The van der Waals surface area contributed by atoms with Crippen molar-refractivity contribution in [2.75, 3.05) is 5.75 Å². The van der Waals surface area contributed by atoms with Gasteiger partial charge < -0.3 is 4.74 Å². The van der Waals surface area contributed by atoms with E-state index in [1.165, 1.54) is 24.2 Å². The molecular formula is C25H31ClO2S. The first-order chi connectivity index (χ1) is 14.0. The third-order valence-corrected chi connectivity index (χ3v) is 6.24. The van der Waals surface area contributed by atoms with E-state index in [1.807, 2.05) is 49.9 Å². The Hall–Kier alpha value is -1.71. The lowest BCUT2D eigenvalue weighted by molar-refractivity contribution is -0.134. The number of hydrogen-bond acceptors (Lipinski definition) is 3. The molecule has 0 spiro atoms. The molecule has 0 aromatic heterocycles. The van der Waals surface area contributed by atoms with Crippen LogP contribution in [0, 0.1) is 5.92 Å². The number of unbranched alkanes of at least 4 members (excludes halogenated alkanes) is 2. The molecule has 4 heteroatoms. The van der Waals surface area contributed by atoms with Crippen LogP contribution in [0.5, 0.6) is 5.75 Å². The van der Waals surface area contributed by atoms with Gasteiger partial charge in [-0.25, -0.2) is 0 Å². The van der Waals surface area contributed by atoms with E-state index in [1.54, 1.807) is 0 Å². The number of allylic oxidation sites excluding steroid dienone is 2. The summed E-state index contributed by atoms with van der Waals surface area (Å²) in [5, 5.41) is -0.633. The molecule has 0 saturated carbocycles. The van der Waals surface area contributed by atoms with E-state index in [0.29, 0.717) is 5.75 Å². The molecule has 0 saturated heterocycles. The van der Waals surface area contributed by atoms with Gasteiger partial charge in [-0.05, 0) is 54.2 Å². The normalized spacial score (nSPS) is 12.4. The molecule has 29 heavy (non-hydrogen) atoms. The zero-order chi connectivity index (χ0) is 21.1. The number of esters is 1. The molecule has 2 rings (SSSR count). The van der Waals surface area contributed by atoms with Crippen molar-refractivity contribution in [3.05, 3.63) is 60.7 Å². The number of carbonyl (C=O) groups excluding carboxylic acids is 1. The first-order valence-electron chi connectivity index (χ1n) is 10.3. The van der Waals surface area contributed by atoms with Gasteiger partial charge in [0.05, 0.1) is 0 Å². The van der Waals surface area contributed by atoms with Gasteiger partial charge in [0.2, 0.25) is 0 Å². The van der Waals surface area contributed by atoms with Crippen LogP contribution < -0.4 is 4.74 Å². The van der Waals surface area contributed by atoms with E-state index in [2.05, 4.69) is 43.3 Å². The van der Waals surface area contributed by atoms with Crippen molar-refractivity contribution in [1.29, 1.82) is 0 Å². The van der Waals surface area contributed by atoms with Gasteiger partial charge in [0.15, 0.2) is 0 Å². The number of carbonyl (C=O) groups is 1. The van der Waals surface area contributed by atoms with Crippen molar-refractivity contribution < 1.29 is 9.53 Å². The molecule has 0 radical (unpaired) electrons. The zero-order valence-corrected chi connectivity index (χ0v) is 19.1. The van der Waals surface area contributed by atoms with Gasteiger partial charge >= 0.3 is 5.97 Å². The van der Waals surface area contributed by atoms with E-state index >= 15 is 0 Å². The van der Waals surface area contributed by atoms with Crippen LogP contribution in [0.25, 0.3) is 11.1 Å². The van der Waals surface area contributed by atoms with Crippen LogP contribution in [0.4, 0.5) is 0 Å². The van der Waals surface area contributed by atoms with E-state index in [-0.39, 0.29) is 5.92 Å². The molecule has 0 aliphatic carbocycles. The number of thioether (sulfide) groups is 1. The van der Waals surface area contributed by atoms with Crippen LogP contribution in [0.1, 0.15) is 46.5 Å². The topological polar surface area (TPSA) is 26.3 Å². The molecular weight excluding hydrogens is 400 g/mol. The minimum Gasteiger partial charge on any atom is -0.425 e. The van der Waals surface area contributed by atoms with Crippen LogP contribution in [-0.4, -0.2) is 17.1 Å². The van der Waals surface area contributed by atoms with Crippen molar-refractivity contribution in [2.45, 2.75) is 56.7 Å². The second kappa shape index (κ2) is 12.8. The first-order valence-corrected chi connectivity index (χ1v) is 11.8. The highest BCUT2D eigenvalue weighted by Crippen LogP contribution is 2.26. The summed E-state index contributed by atoms with van der Waals surface area (Å²) in [7, 11) is 0. The summed E-state index contributed by atoms with van der Waals surface area (Å²) in [5.74, 6) is 1.25. The lowest BCUT2D eigenvalue weighted by Crippen LogP contribution is -2.25. The van der Waals surface area contributed by atoms with Crippen molar-refractivity contribution >= 4 is 29.3 Å². The number of rotatable bonds is 11. The quantitative estimate of drug-likeness (QED) is 0.0909. The molecule has 0 aliphatic rings. The summed E-state index contributed by atoms with van der Waals surface area (Å²) in [6, 6.07) is 16.1. The summed E-state index contributed by atoms with van der Waals surface area (Å²) in [6.07, 6.45) is 9.42. The first kappa shape index (κ1) is 23.6. The van der Waals surface area contributed by atoms with Gasteiger partial charge in [-0.2, -0.15) is 0 Å². The molecule has 2 nitrogen and oxygen atoms in total. The average Bonchev–Trinajstić information content (AvgIpc) is 2.73. The lowest BCUT2D eigenvalue weighted by Gasteiger charge is -2.12. The van der Waals surface area contributed by atoms with Crippen LogP contribution in [0.15, 0.2) is 65.6 Å². The monoisotopic (exact) mass is 430 g/mol. The molecule has 0 bridgehead atoms. The van der Waals surface area contributed by atoms with E-state index in [9.17, 15) is 4.79 Å². The predicted octanol–water partition coefficient (Wildman–Crippen LogP) is 7.75. The summed E-state index contributed by atoms with van der Waals surface area (Å²) in [5.41, 5.74) is 2.23. The Kier molecular flexibility index (Phi) is 10.4. The SMILES string of the molecule is CCCCC=CCCSc1ccc(-c2ccc(OC(=O)C(Cl)C(C)C)cc2)cc1. The Morgan fingerprint density at radius 3 is 2.17 bits per heavy atom. The van der Waals surface area contributed by atoms with Gasteiger partial charge in [-0.15, -0.1) is 23.4 Å². The molecule has 156 valence electrons. The predicted molar refractivity (Wildman–Crippen MR) is 126 cm³/mol. The highest BCUT2D eigenvalue weighted by Gasteiger charge is 2.21. The largest absolute Gasteiger partial charge is 0.425 e. The summed E-state index contributed by atoms with van der Waals surface area (Å²) in [4.78, 5) is 13.2. The molecule has 2 aromatic carbocycles. The van der Waals surface area contributed by atoms with Gasteiger partial charge in [0.25, 0.3) is 0 Å². The van der Waals surface area contributed by atoms with Crippen molar-refractivity contribution in [2.24, 2.45) is 5.92 Å². The maximum Gasteiger partial charge on any atom is 0.329 e. The van der Waals surface area contributed by atoms with E-state index in [0.717, 1.165) is 23.3 Å². The van der Waals surface area contributed by atoms with Crippen LogP contribution in [-0.2, 0) is 4.79 Å². The summed E-state index contributed by atoms with van der Waals surface area (Å²) in [6.45, 7) is 6.02. The Bertz CT molecular complexity index is 766. The van der Waals surface area contributed by atoms with Crippen LogP contribution in [0.2, 0.25) is 0 Å². The van der Waals surface area contributed by atoms with Crippen molar-refractivity contribution in [1.82, 2.24) is 0 Å². The van der Waals surface area contributed by atoms with E-state index < -0.39 is 11.3 Å². The van der Waals surface area contributed by atoms with Crippen LogP contribution in [0.3, 0.4) is 0 Å². The molecule has 1 atom stereocenters. The maximum absolute atomic E-state index is 12.0. The highest BCUT2D eigenvalue weighted by molar-refractivity contribution is 7.99. The summed E-state index contributed by atoms with van der Waals surface area (Å²) >= 11 is 7.93. The van der Waals surface area contributed by atoms with Crippen molar-refractivity contribution in [3.63, 3.8) is 0 Å². The van der Waals surface area contributed by atoms with E-state index in [4.69, 9.17) is 16.3 Å². The fraction of sp³-hybridized carbons (Fsp3) is 0.400. The Morgan fingerprint density at radius 1 is 1.00 bits per heavy atom.